The summed E-state index contributed by atoms with van der Waals surface area (Å²) in [6.07, 6.45) is 0. The van der Waals surface area contributed by atoms with Gasteiger partial charge in [0.15, 0.2) is 0 Å². The van der Waals surface area contributed by atoms with E-state index >= 15 is 0 Å². The molecule has 8 nitrogen and oxygen atoms in total. The first kappa shape index (κ1) is 13.3. The summed E-state index contributed by atoms with van der Waals surface area (Å²) in [6.45, 7) is 3.16. The Balaban J connectivity index is 2.28. The van der Waals surface area contributed by atoms with Crippen molar-refractivity contribution in [3.8, 4) is 0 Å². The molecule has 100 valence electrons. The minimum absolute atomic E-state index is 0.0270. The first-order valence-electron chi connectivity index (χ1n) is 5.23. The molecule has 0 radical (unpaired) electrons. The molecule has 0 saturated carbocycles. The van der Waals surface area contributed by atoms with E-state index < -0.39 is 11.7 Å². The lowest BCUT2D eigenvalue weighted by atomic mass is 10.2. The molecule has 0 saturated heterocycles. The number of carboxylic acid groups (broad SMARTS) is 1. The number of hydrogen-bond donors (Lipinski definition) is 2. The van der Waals surface area contributed by atoms with E-state index in [1.165, 1.54) is 6.92 Å². The number of hydrogen-bond acceptors (Lipinski definition) is 7. The zero-order valence-corrected chi connectivity index (χ0v) is 10.9. The predicted octanol–water partition coefficient (Wildman–Crippen LogP) is 0.760. The van der Waals surface area contributed by atoms with Crippen LogP contribution in [-0.4, -0.2) is 31.2 Å². The van der Waals surface area contributed by atoms with Crippen molar-refractivity contribution in [2.45, 2.75) is 24.6 Å². The van der Waals surface area contributed by atoms with E-state index in [0.717, 1.165) is 11.8 Å². The van der Waals surface area contributed by atoms with Gasteiger partial charge in [-0.05, 0) is 6.92 Å². The number of rotatable bonds is 4. The number of carbonyl (C=O) groups is 1. The Hall–Kier alpha value is -2.16. The number of H-pyrrole nitrogens is 1. The van der Waals surface area contributed by atoms with Crippen molar-refractivity contribution in [2.24, 2.45) is 0 Å². The molecule has 0 spiro atoms. The first-order chi connectivity index (χ1) is 8.97. The molecule has 9 heteroatoms. The monoisotopic (exact) mass is 282 g/mol. The zero-order valence-electron chi connectivity index (χ0n) is 10.1. The topological polar surface area (TPSA) is 122 Å². The Kier molecular flexibility index (Phi) is 3.65. The number of aromatic carboxylic acids is 1. The number of aromatic nitrogens is 4. The number of aryl methyl sites for hydroxylation is 2. The summed E-state index contributed by atoms with van der Waals surface area (Å²) < 4.78 is 5.16. The molecule has 0 unspecified atom stereocenters. The van der Waals surface area contributed by atoms with E-state index in [1.54, 1.807) is 6.92 Å². The summed E-state index contributed by atoms with van der Waals surface area (Å²) in [7, 11) is 0. The Labute approximate surface area is 111 Å². The van der Waals surface area contributed by atoms with Crippen LogP contribution < -0.4 is 5.69 Å². The molecule has 0 bridgehead atoms. The van der Waals surface area contributed by atoms with Gasteiger partial charge in [0, 0.05) is 12.6 Å². The fraction of sp³-hybridized carbons (Fsp3) is 0.300. The predicted molar refractivity (Wildman–Crippen MR) is 65.2 cm³/mol. The average Bonchev–Trinajstić information content (AvgIpc) is 2.71. The summed E-state index contributed by atoms with van der Waals surface area (Å²) in [4.78, 5) is 28.4. The van der Waals surface area contributed by atoms with Gasteiger partial charge in [-0.2, -0.15) is 4.98 Å². The average molecular weight is 282 g/mol. The van der Waals surface area contributed by atoms with E-state index in [0.29, 0.717) is 11.8 Å². The van der Waals surface area contributed by atoms with Crippen molar-refractivity contribution in [2.75, 3.05) is 0 Å². The third kappa shape index (κ3) is 2.99. The molecule has 2 N–H and O–H groups in total. The molecule has 0 aliphatic heterocycles. The van der Waals surface area contributed by atoms with Gasteiger partial charge < -0.3 is 14.5 Å². The van der Waals surface area contributed by atoms with Crippen LogP contribution in [0.5, 0.6) is 0 Å². The lowest BCUT2D eigenvalue weighted by Gasteiger charge is -2.05. The normalized spacial score (nSPS) is 10.6. The molecule has 19 heavy (non-hydrogen) atoms. The molecule has 0 atom stereocenters. The van der Waals surface area contributed by atoms with Crippen LogP contribution in [0.25, 0.3) is 0 Å². The van der Waals surface area contributed by atoms with Crippen LogP contribution in [0.1, 0.15) is 27.8 Å². The van der Waals surface area contributed by atoms with Crippen LogP contribution in [0, 0.1) is 13.8 Å². The van der Waals surface area contributed by atoms with Crippen molar-refractivity contribution in [3.63, 3.8) is 0 Å². The molecular weight excluding hydrogens is 272 g/mol. The van der Waals surface area contributed by atoms with Crippen LogP contribution in [0.15, 0.2) is 14.2 Å². The van der Waals surface area contributed by atoms with E-state index in [-0.39, 0.29) is 22.0 Å². The van der Waals surface area contributed by atoms with Gasteiger partial charge in [0.2, 0.25) is 11.8 Å². The van der Waals surface area contributed by atoms with Gasteiger partial charge in [0.05, 0.1) is 5.75 Å². The SMILES string of the molecule is Cc1nnc(CSc2nc(=O)[nH]c(C)c2C(=O)O)o1. The fourth-order valence-electron chi connectivity index (χ4n) is 1.44. The maximum atomic E-state index is 11.3. The van der Waals surface area contributed by atoms with Crippen molar-refractivity contribution in [1.29, 1.82) is 0 Å². The van der Waals surface area contributed by atoms with Crippen molar-refractivity contribution >= 4 is 17.7 Å². The fourth-order valence-corrected chi connectivity index (χ4v) is 2.35. The van der Waals surface area contributed by atoms with Crippen LogP contribution in [0.2, 0.25) is 0 Å². The summed E-state index contributed by atoms with van der Waals surface area (Å²) in [5.41, 5.74) is -0.357. The molecule has 0 aromatic carbocycles. The van der Waals surface area contributed by atoms with Crippen molar-refractivity contribution in [3.05, 3.63) is 33.5 Å². The second-order valence-corrected chi connectivity index (χ2v) is 4.62. The van der Waals surface area contributed by atoms with Gasteiger partial charge in [0.25, 0.3) is 0 Å². The lowest BCUT2D eigenvalue weighted by molar-refractivity contribution is 0.0690. The minimum Gasteiger partial charge on any atom is -0.478 e. The largest absolute Gasteiger partial charge is 0.478 e. The van der Waals surface area contributed by atoms with Crippen LogP contribution >= 0.6 is 11.8 Å². The van der Waals surface area contributed by atoms with Gasteiger partial charge in [-0.3, -0.25) is 0 Å². The van der Waals surface area contributed by atoms with Crippen LogP contribution in [0.4, 0.5) is 0 Å². The molecule has 2 aromatic heterocycles. The lowest BCUT2D eigenvalue weighted by Crippen LogP contribution is -2.18. The van der Waals surface area contributed by atoms with Gasteiger partial charge in [-0.1, -0.05) is 11.8 Å². The molecule has 0 aliphatic rings. The molecule has 2 heterocycles. The van der Waals surface area contributed by atoms with Crippen LogP contribution in [0.3, 0.4) is 0 Å². The minimum atomic E-state index is -1.15. The second-order valence-electron chi connectivity index (χ2n) is 3.66. The number of thioether (sulfide) groups is 1. The smallest absolute Gasteiger partial charge is 0.346 e. The maximum absolute atomic E-state index is 11.3. The summed E-state index contributed by atoms with van der Waals surface area (Å²) in [5.74, 6) is -0.134. The highest BCUT2D eigenvalue weighted by molar-refractivity contribution is 7.98. The van der Waals surface area contributed by atoms with E-state index in [2.05, 4.69) is 20.2 Å². The first-order valence-corrected chi connectivity index (χ1v) is 6.22. The zero-order chi connectivity index (χ0) is 14.0. The van der Waals surface area contributed by atoms with E-state index in [1.807, 2.05) is 0 Å². The Morgan fingerprint density at radius 1 is 1.42 bits per heavy atom. The second kappa shape index (κ2) is 5.22. The van der Waals surface area contributed by atoms with Gasteiger partial charge in [-0.15, -0.1) is 10.2 Å². The molecular formula is C10H10N4O4S. The van der Waals surface area contributed by atoms with E-state index in [4.69, 9.17) is 9.52 Å². The number of nitrogens with zero attached hydrogens (tertiary/aromatic N) is 3. The van der Waals surface area contributed by atoms with Crippen LogP contribution in [-0.2, 0) is 5.75 Å². The Morgan fingerprint density at radius 2 is 2.16 bits per heavy atom. The maximum Gasteiger partial charge on any atom is 0.346 e. The molecule has 2 aromatic rings. The van der Waals surface area contributed by atoms with E-state index in [9.17, 15) is 9.59 Å². The quantitative estimate of drug-likeness (QED) is 0.622. The Bertz CT molecular complexity index is 678. The van der Waals surface area contributed by atoms with Gasteiger partial charge >= 0.3 is 11.7 Å². The molecule has 0 amide bonds. The van der Waals surface area contributed by atoms with Crippen molar-refractivity contribution < 1.29 is 14.3 Å². The van der Waals surface area contributed by atoms with Crippen molar-refractivity contribution in [1.82, 2.24) is 20.2 Å². The summed E-state index contributed by atoms with van der Waals surface area (Å²) in [6, 6.07) is 0. The summed E-state index contributed by atoms with van der Waals surface area (Å²) >= 11 is 1.06. The Morgan fingerprint density at radius 3 is 2.74 bits per heavy atom. The summed E-state index contributed by atoms with van der Waals surface area (Å²) in [5, 5.41) is 16.7. The molecule has 0 aliphatic carbocycles. The van der Waals surface area contributed by atoms with Gasteiger partial charge in [0.1, 0.15) is 10.6 Å². The highest BCUT2D eigenvalue weighted by atomic mass is 32.2. The highest BCUT2D eigenvalue weighted by Crippen LogP contribution is 2.24. The highest BCUT2D eigenvalue weighted by Gasteiger charge is 2.17. The van der Waals surface area contributed by atoms with Gasteiger partial charge in [-0.25, -0.2) is 9.59 Å². The standard InChI is InChI=1S/C10H10N4O4S/c1-4-7(9(15)16)8(12-10(17)11-4)19-3-6-14-13-5(2)18-6/h3H2,1-2H3,(H,15,16)(H,11,12,17). The number of aromatic amines is 1. The number of carboxylic acids is 1. The third-order valence-electron chi connectivity index (χ3n) is 2.20. The number of nitrogens with one attached hydrogen (secondary N) is 1. The molecule has 0 fully saturated rings. The third-order valence-corrected chi connectivity index (χ3v) is 3.16. The molecule has 2 rings (SSSR count).